The molecule has 1 rings (SSSR count). The molecule has 17 heavy (non-hydrogen) atoms. The van der Waals surface area contributed by atoms with Gasteiger partial charge in [0.05, 0.1) is 0 Å². The molecule has 3 N–H and O–H groups in total. The summed E-state index contributed by atoms with van der Waals surface area (Å²) in [4.78, 5) is 11.8. The van der Waals surface area contributed by atoms with E-state index < -0.39 is 0 Å². The molecule has 0 unspecified atom stereocenters. The van der Waals surface area contributed by atoms with Gasteiger partial charge in [-0.05, 0) is 49.4 Å². The van der Waals surface area contributed by atoms with Gasteiger partial charge in [-0.1, -0.05) is 13.8 Å². The monoisotopic (exact) mass is 234 g/mol. The third kappa shape index (κ3) is 4.10. The van der Waals surface area contributed by atoms with Crippen molar-refractivity contribution in [3.8, 4) is 0 Å². The second-order valence-electron chi connectivity index (χ2n) is 5.01. The topological polar surface area (TPSA) is 55.1 Å². The maximum atomic E-state index is 11.8. The van der Waals surface area contributed by atoms with Crippen LogP contribution in [0.2, 0.25) is 0 Å². The Kier molecular flexibility index (Phi) is 4.55. The van der Waals surface area contributed by atoms with Crippen LogP contribution in [0.1, 0.15) is 37.8 Å². The predicted octanol–water partition coefficient (Wildman–Crippen LogP) is 3.26. The van der Waals surface area contributed by atoms with Gasteiger partial charge >= 0.3 is 0 Å². The van der Waals surface area contributed by atoms with Crippen molar-refractivity contribution in [3.05, 3.63) is 23.3 Å². The van der Waals surface area contributed by atoms with Gasteiger partial charge < -0.3 is 11.1 Å². The fourth-order valence-electron chi connectivity index (χ4n) is 1.82. The second-order valence-corrected chi connectivity index (χ2v) is 5.01. The van der Waals surface area contributed by atoms with Crippen LogP contribution in [0.25, 0.3) is 0 Å². The lowest BCUT2D eigenvalue weighted by Gasteiger charge is -2.13. The number of hydrogen-bond acceptors (Lipinski definition) is 2. The summed E-state index contributed by atoms with van der Waals surface area (Å²) < 4.78 is 0. The third-order valence-corrected chi connectivity index (χ3v) is 2.77. The zero-order valence-electron chi connectivity index (χ0n) is 11.1. The highest BCUT2D eigenvalue weighted by atomic mass is 16.1. The minimum Gasteiger partial charge on any atom is -0.399 e. The molecule has 0 aromatic heterocycles. The summed E-state index contributed by atoms with van der Waals surface area (Å²) >= 11 is 0. The Hall–Kier alpha value is -1.51. The van der Waals surface area contributed by atoms with Crippen LogP contribution in [-0.2, 0) is 4.79 Å². The van der Waals surface area contributed by atoms with Crippen molar-refractivity contribution in [1.29, 1.82) is 0 Å². The summed E-state index contributed by atoms with van der Waals surface area (Å²) in [7, 11) is 0. The Morgan fingerprint density at radius 2 is 1.82 bits per heavy atom. The molecule has 0 aliphatic heterocycles. The van der Waals surface area contributed by atoms with Gasteiger partial charge in [-0.25, -0.2) is 0 Å². The van der Waals surface area contributed by atoms with Crippen molar-refractivity contribution in [3.63, 3.8) is 0 Å². The molecule has 0 aliphatic rings. The highest BCUT2D eigenvalue weighted by molar-refractivity contribution is 5.92. The Balaban J connectivity index is 2.72. The first kappa shape index (κ1) is 13.6. The summed E-state index contributed by atoms with van der Waals surface area (Å²) in [5.74, 6) is 0.629. The number of aryl methyl sites for hydroxylation is 2. The van der Waals surface area contributed by atoms with E-state index >= 15 is 0 Å². The summed E-state index contributed by atoms with van der Waals surface area (Å²) in [6.45, 7) is 8.16. The molecule has 0 spiro atoms. The van der Waals surface area contributed by atoms with Crippen LogP contribution >= 0.6 is 0 Å². The van der Waals surface area contributed by atoms with Crippen LogP contribution in [0.15, 0.2) is 12.1 Å². The molecule has 94 valence electrons. The van der Waals surface area contributed by atoms with E-state index in [1.807, 2.05) is 26.0 Å². The lowest BCUT2D eigenvalue weighted by Crippen LogP contribution is -2.14. The Bertz CT molecular complexity index is 388. The first-order chi connectivity index (χ1) is 7.90. The molecule has 1 amide bonds. The van der Waals surface area contributed by atoms with Crippen LogP contribution in [0.4, 0.5) is 11.4 Å². The molecule has 0 saturated heterocycles. The van der Waals surface area contributed by atoms with Crippen LogP contribution in [0.5, 0.6) is 0 Å². The molecule has 0 aliphatic carbocycles. The summed E-state index contributed by atoms with van der Waals surface area (Å²) in [5.41, 5.74) is 9.41. The minimum absolute atomic E-state index is 0.0784. The fraction of sp³-hybridized carbons (Fsp3) is 0.500. The van der Waals surface area contributed by atoms with Crippen LogP contribution < -0.4 is 11.1 Å². The molecule has 0 bridgehead atoms. The quantitative estimate of drug-likeness (QED) is 0.786. The highest BCUT2D eigenvalue weighted by Crippen LogP contribution is 2.23. The van der Waals surface area contributed by atoms with Crippen molar-refractivity contribution in [2.45, 2.75) is 40.5 Å². The van der Waals surface area contributed by atoms with E-state index in [0.717, 1.165) is 28.9 Å². The maximum absolute atomic E-state index is 11.8. The Labute approximate surface area is 103 Å². The molecule has 0 heterocycles. The standard InChI is InChI=1S/C14H22N2O/c1-9(2)5-6-13(17)16-14-10(3)7-12(15)8-11(14)4/h7-9H,5-6,15H2,1-4H3,(H,16,17). The largest absolute Gasteiger partial charge is 0.399 e. The Morgan fingerprint density at radius 1 is 1.29 bits per heavy atom. The smallest absolute Gasteiger partial charge is 0.224 e. The Morgan fingerprint density at radius 3 is 2.29 bits per heavy atom. The molecule has 1 aromatic rings. The maximum Gasteiger partial charge on any atom is 0.224 e. The first-order valence-electron chi connectivity index (χ1n) is 6.06. The number of benzene rings is 1. The van der Waals surface area contributed by atoms with E-state index in [9.17, 15) is 4.79 Å². The number of rotatable bonds is 4. The molecule has 0 saturated carbocycles. The van der Waals surface area contributed by atoms with Gasteiger partial charge in [0.15, 0.2) is 0 Å². The summed E-state index contributed by atoms with van der Waals surface area (Å²) in [5, 5.41) is 2.97. The van der Waals surface area contributed by atoms with Crippen LogP contribution in [0.3, 0.4) is 0 Å². The van der Waals surface area contributed by atoms with Gasteiger partial charge in [-0.15, -0.1) is 0 Å². The number of nitrogens with two attached hydrogens (primary N) is 1. The van der Waals surface area contributed by atoms with Crippen molar-refractivity contribution < 1.29 is 4.79 Å². The summed E-state index contributed by atoms with van der Waals surface area (Å²) in [6.07, 6.45) is 1.49. The highest BCUT2D eigenvalue weighted by Gasteiger charge is 2.08. The predicted molar refractivity (Wildman–Crippen MR) is 73.0 cm³/mol. The van der Waals surface area contributed by atoms with Crippen molar-refractivity contribution >= 4 is 17.3 Å². The van der Waals surface area contributed by atoms with E-state index in [1.54, 1.807) is 0 Å². The van der Waals surface area contributed by atoms with Gasteiger partial charge in [0, 0.05) is 17.8 Å². The molecule has 3 heteroatoms. The van der Waals surface area contributed by atoms with Gasteiger partial charge in [0.2, 0.25) is 5.91 Å². The number of nitrogens with one attached hydrogen (secondary N) is 1. The lowest BCUT2D eigenvalue weighted by atomic mass is 10.1. The van der Waals surface area contributed by atoms with E-state index in [1.165, 1.54) is 0 Å². The fourth-order valence-corrected chi connectivity index (χ4v) is 1.82. The third-order valence-electron chi connectivity index (χ3n) is 2.77. The van der Waals surface area contributed by atoms with E-state index in [-0.39, 0.29) is 5.91 Å². The zero-order valence-corrected chi connectivity index (χ0v) is 11.1. The molecule has 0 radical (unpaired) electrons. The van der Waals surface area contributed by atoms with Crippen LogP contribution in [0, 0.1) is 19.8 Å². The zero-order chi connectivity index (χ0) is 13.0. The van der Waals surface area contributed by atoms with Crippen molar-refractivity contribution in [2.75, 3.05) is 11.1 Å². The second kappa shape index (κ2) is 5.71. The molecule has 0 fully saturated rings. The molecular formula is C14H22N2O. The SMILES string of the molecule is Cc1cc(N)cc(C)c1NC(=O)CCC(C)C. The lowest BCUT2D eigenvalue weighted by molar-refractivity contribution is -0.116. The van der Waals surface area contributed by atoms with Gasteiger partial charge in [0.25, 0.3) is 0 Å². The number of anilines is 2. The molecule has 0 atom stereocenters. The normalized spacial score (nSPS) is 10.6. The number of amides is 1. The number of carbonyl (C=O) groups is 1. The van der Waals surface area contributed by atoms with E-state index in [0.29, 0.717) is 12.3 Å². The van der Waals surface area contributed by atoms with Crippen LogP contribution in [-0.4, -0.2) is 5.91 Å². The average molecular weight is 234 g/mol. The molecule has 1 aromatic carbocycles. The first-order valence-corrected chi connectivity index (χ1v) is 6.06. The number of carbonyl (C=O) groups excluding carboxylic acids is 1. The number of nitrogen functional groups attached to an aromatic ring is 1. The van der Waals surface area contributed by atoms with Gasteiger partial charge in [-0.2, -0.15) is 0 Å². The van der Waals surface area contributed by atoms with Gasteiger partial charge in [-0.3, -0.25) is 4.79 Å². The van der Waals surface area contributed by atoms with Crippen molar-refractivity contribution in [2.24, 2.45) is 5.92 Å². The summed E-state index contributed by atoms with van der Waals surface area (Å²) in [6, 6.07) is 3.76. The molecule has 3 nitrogen and oxygen atoms in total. The molecular weight excluding hydrogens is 212 g/mol. The van der Waals surface area contributed by atoms with E-state index in [4.69, 9.17) is 5.73 Å². The average Bonchev–Trinajstić information content (AvgIpc) is 2.20. The number of hydrogen-bond donors (Lipinski definition) is 2. The minimum atomic E-state index is 0.0784. The van der Waals surface area contributed by atoms with E-state index in [2.05, 4.69) is 19.2 Å². The van der Waals surface area contributed by atoms with Gasteiger partial charge in [0.1, 0.15) is 0 Å². The van der Waals surface area contributed by atoms with Crippen molar-refractivity contribution in [1.82, 2.24) is 0 Å².